The van der Waals surface area contributed by atoms with E-state index >= 15 is 0 Å². The zero-order valence-corrected chi connectivity index (χ0v) is 14.5. The van der Waals surface area contributed by atoms with E-state index in [2.05, 4.69) is 6.92 Å². The monoisotopic (exact) mass is 340 g/mol. The SMILES string of the molecule is CCCCCC(=O)Oc1ccc2c(c1)OCC(c1ccc(O)cc1)C2. The Balaban J connectivity index is 1.63. The first-order chi connectivity index (χ1) is 12.2. The largest absolute Gasteiger partial charge is 0.508 e. The highest BCUT2D eigenvalue weighted by atomic mass is 16.5. The lowest BCUT2D eigenvalue weighted by Gasteiger charge is -2.26. The van der Waals surface area contributed by atoms with Crippen molar-refractivity contribution in [3.05, 3.63) is 53.6 Å². The molecule has 2 aromatic rings. The van der Waals surface area contributed by atoms with Gasteiger partial charge in [-0.25, -0.2) is 0 Å². The molecule has 132 valence electrons. The third kappa shape index (κ3) is 4.53. The molecule has 1 atom stereocenters. The van der Waals surface area contributed by atoms with Gasteiger partial charge in [0, 0.05) is 18.4 Å². The second-order valence-corrected chi connectivity index (χ2v) is 6.50. The van der Waals surface area contributed by atoms with E-state index in [0.717, 1.165) is 42.6 Å². The van der Waals surface area contributed by atoms with E-state index in [4.69, 9.17) is 9.47 Å². The van der Waals surface area contributed by atoms with E-state index in [1.54, 1.807) is 18.2 Å². The molecule has 0 spiro atoms. The molecule has 1 N–H and O–H groups in total. The maximum Gasteiger partial charge on any atom is 0.311 e. The summed E-state index contributed by atoms with van der Waals surface area (Å²) in [5.74, 6) is 1.67. The van der Waals surface area contributed by atoms with Crippen molar-refractivity contribution in [3.8, 4) is 17.2 Å². The minimum atomic E-state index is -0.189. The minimum absolute atomic E-state index is 0.189. The number of unbranched alkanes of at least 4 members (excludes halogenated alkanes) is 2. The first-order valence-electron chi connectivity index (χ1n) is 8.91. The molecular weight excluding hydrogens is 316 g/mol. The normalized spacial score (nSPS) is 16.0. The van der Waals surface area contributed by atoms with Crippen LogP contribution in [0, 0.1) is 0 Å². The van der Waals surface area contributed by atoms with E-state index in [0.29, 0.717) is 18.8 Å². The van der Waals surface area contributed by atoms with Gasteiger partial charge in [-0.15, -0.1) is 0 Å². The molecule has 1 unspecified atom stereocenters. The topological polar surface area (TPSA) is 55.8 Å². The van der Waals surface area contributed by atoms with Crippen LogP contribution in [-0.2, 0) is 11.2 Å². The van der Waals surface area contributed by atoms with Crippen LogP contribution in [0.4, 0.5) is 0 Å². The molecule has 1 aliphatic heterocycles. The van der Waals surface area contributed by atoms with Crippen LogP contribution in [0.3, 0.4) is 0 Å². The number of phenols is 1. The van der Waals surface area contributed by atoms with Crippen molar-refractivity contribution in [2.75, 3.05) is 6.61 Å². The van der Waals surface area contributed by atoms with Gasteiger partial charge in [-0.3, -0.25) is 4.79 Å². The third-order valence-electron chi connectivity index (χ3n) is 4.53. The fraction of sp³-hybridized carbons (Fsp3) is 0.381. The summed E-state index contributed by atoms with van der Waals surface area (Å²) in [7, 11) is 0. The number of carbonyl (C=O) groups is 1. The lowest BCUT2D eigenvalue weighted by atomic mass is 9.90. The molecule has 0 bridgehead atoms. The first kappa shape index (κ1) is 17.3. The van der Waals surface area contributed by atoms with Crippen molar-refractivity contribution < 1.29 is 19.4 Å². The van der Waals surface area contributed by atoms with Gasteiger partial charge >= 0.3 is 5.97 Å². The fourth-order valence-electron chi connectivity index (χ4n) is 3.08. The van der Waals surface area contributed by atoms with Crippen molar-refractivity contribution >= 4 is 5.97 Å². The molecule has 0 fully saturated rings. The number of aromatic hydroxyl groups is 1. The molecule has 4 nitrogen and oxygen atoms in total. The van der Waals surface area contributed by atoms with Gasteiger partial charge in [0.15, 0.2) is 0 Å². The van der Waals surface area contributed by atoms with Crippen molar-refractivity contribution in [2.45, 2.75) is 44.9 Å². The Hall–Kier alpha value is -2.49. The van der Waals surface area contributed by atoms with E-state index in [-0.39, 0.29) is 17.6 Å². The number of benzene rings is 2. The van der Waals surface area contributed by atoms with Crippen LogP contribution in [0.2, 0.25) is 0 Å². The van der Waals surface area contributed by atoms with Gasteiger partial charge in [-0.2, -0.15) is 0 Å². The van der Waals surface area contributed by atoms with Crippen LogP contribution < -0.4 is 9.47 Å². The number of fused-ring (bicyclic) bond motifs is 1. The zero-order chi connectivity index (χ0) is 17.6. The van der Waals surface area contributed by atoms with Gasteiger partial charge in [0.25, 0.3) is 0 Å². The van der Waals surface area contributed by atoms with E-state index in [1.807, 2.05) is 24.3 Å². The number of carbonyl (C=O) groups excluding carboxylic acids is 1. The van der Waals surface area contributed by atoms with Gasteiger partial charge < -0.3 is 14.6 Å². The molecule has 25 heavy (non-hydrogen) atoms. The predicted octanol–water partition coefficient (Wildman–Crippen LogP) is 4.60. The van der Waals surface area contributed by atoms with E-state index < -0.39 is 0 Å². The Kier molecular flexibility index (Phi) is 5.59. The summed E-state index contributed by atoms with van der Waals surface area (Å²) in [4.78, 5) is 11.8. The van der Waals surface area contributed by atoms with Gasteiger partial charge in [-0.05, 0) is 42.2 Å². The average molecular weight is 340 g/mol. The molecule has 0 aromatic heterocycles. The second kappa shape index (κ2) is 8.06. The Morgan fingerprint density at radius 1 is 1.20 bits per heavy atom. The number of hydrogen-bond acceptors (Lipinski definition) is 4. The summed E-state index contributed by atoms with van der Waals surface area (Å²) in [5, 5.41) is 9.41. The fourth-order valence-corrected chi connectivity index (χ4v) is 3.08. The molecule has 0 saturated heterocycles. The maximum atomic E-state index is 11.8. The smallest absolute Gasteiger partial charge is 0.311 e. The average Bonchev–Trinajstić information content (AvgIpc) is 2.62. The highest BCUT2D eigenvalue weighted by Crippen LogP contribution is 2.35. The lowest BCUT2D eigenvalue weighted by molar-refractivity contribution is -0.134. The molecule has 4 heteroatoms. The Morgan fingerprint density at radius 3 is 2.76 bits per heavy atom. The quantitative estimate of drug-likeness (QED) is 0.474. The first-order valence-corrected chi connectivity index (χ1v) is 8.91. The van der Waals surface area contributed by atoms with Crippen LogP contribution in [0.25, 0.3) is 0 Å². The number of esters is 1. The van der Waals surface area contributed by atoms with Crippen molar-refractivity contribution in [2.24, 2.45) is 0 Å². The van der Waals surface area contributed by atoms with Crippen molar-refractivity contribution in [1.82, 2.24) is 0 Å². The Bertz CT molecular complexity index is 721. The molecule has 0 aliphatic carbocycles. The number of rotatable bonds is 6. The maximum absolute atomic E-state index is 11.8. The summed E-state index contributed by atoms with van der Waals surface area (Å²) in [5.41, 5.74) is 2.25. The highest BCUT2D eigenvalue weighted by molar-refractivity contribution is 5.72. The van der Waals surface area contributed by atoms with E-state index in [9.17, 15) is 9.90 Å². The lowest BCUT2D eigenvalue weighted by Crippen LogP contribution is -2.19. The minimum Gasteiger partial charge on any atom is -0.508 e. The van der Waals surface area contributed by atoms with Crippen molar-refractivity contribution in [3.63, 3.8) is 0 Å². The van der Waals surface area contributed by atoms with Crippen LogP contribution in [-0.4, -0.2) is 17.7 Å². The number of phenolic OH excluding ortho intramolecular Hbond substituents is 1. The van der Waals surface area contributed by atoms with E-state index in [1.165, 1.54) is 0 Å². The summed E-state index contributed by atoms with van der Waals surface area (Å²) in [6.07, 6.45) is 4.31. The molecular formula is C21H24O4. The highest BCUT2D eigenvalue weighted by Gasteiger charge is 2.22. The second-order valence-electron chi connectivity index (χ2n) is 6.50. The molecule has 3 rings (SSSR count). The molecule has 0 radical (unpaired) electrons. The zero-order valence-electron chi connectivity index (χ0n) is 14.5. The predicted molar refractivity (Wildman–Crippen MR) is 96.3 cm³/mol. The molecule has 1 heterocycles. The molecule has 2 aromatic carbocycles. The molecule has 1 aliphatic rings. The third-order valence-corrected chi connectivity index (χ3v) is 4.53. The van der Waals surface area contributed by atoms with Gasteiger partial charge in [0.1, 0.15) is 17.2 Å². The van der Waals surface area contributed by atoms with Crippen LogP contribution in [0.5, 0.6) is 17.2 Å². The summed E-state index contributed by atoms with van der Waals surface area (Å²) >= 11 is 0. The number of ether oxygens (including phenoxy) is 2. The van der Waals surface area contributed by atoms with Crippen LogP contribution in [0.1, 0.15) is 49.7 Å². The van der Waals surface area contributed by atoms with Gasteiger partial charge in [-0.1, -0.05) is 38.0 Å². The van der Waals surface area contributed by atoms with Crippen LogP contribution >= 0.6 is 0 Å². The number of hydrogen-bond donors (Lipinski definition) is 1. The van der Waals surface area contributed by atoms with Crippen LogP contribution in [0.15, 0.2) is 42.5 Å². The summed E-state index contributed by atoms with van der Waals surface area (Å²) < 4.78 is 11.3. The molecule has 0 amide bonds. The van der Waals surface area contributed by atoms with Crippen molar-refractivity contribution in [1.29, 1.82) is 0 Å². The van der Waals surface area contributed by atoms with Gasteiger partial charge in [0.2, 0.25) is 0 Å². The van der Waals surface area contributed by atoms with Gasteiger partial charge in [0.05, 0.1) is 6.61 Å². The standard InChI is InChI=1S/C21H24O4/c1-2-3-4-5-21(23)25-19-11-8-16-12-17(14-24-20(16)13-19)15-6-9-18(22)10-7-15/h6-11,13,17,22H,2-5,12,14H2,1H3. The summed E-state index contributed by atoms with van der Waals surface area (Å²) in [6, 6.07) is 12.9. The Labute approximate surface area is 148 Å². The summed E-state index contributed by atoms with van der Waals surface area (Å²) in [6.45, 7) is 2.68. The Morgan fingerprint density at radius 2 is 2.00 bits per heavy atom. The molecule has 0 saturated carbocycles.